The van der Waals surface area contributed by atoms with E-state index in [0.717, 1.165) is 17.5 Å². The van der Waals surface area contributed by atoms with Crippen LogP contribution in [0.1, 0.15) is 36.8 Å². The van der Waals surface area contributed by atoms with E-state index in [2.05, 4.69) is 22.3 Å². The van der Waals surface area contributed by atoms with Crippen molar-refractivity contribution in [2.75, 3.05) is 13.1 Å². The van der Waals surface area contributed by atoms with Crippen LogP contribution in [-0.2, 0) is 12.8 Å². The van der Waals surface area contributed by atoms with Crippen molar-refractivity contribution in [3.8, 4) is 0 Å². The van der Waals surface area contributed by atoms with E-state index in [-0.39, 0.29) is 0 Å². The lowest BCUT2D eigenvalue weighted by Crippen LogP contribution is -2.48. The SMILES string of the molecule is Clc1ccc2c(c1)CC(NC1CCN3CCCCC13)C2. The Hall–Kier alpha value is -0.570. The zero-order chi connectivity index (χ0) is 13.5. The molecule has 3 unspecified atom stereocenters. The standard InChI is InChI=1S/C17H23ClN2/c18-14-5-4-12-10-15(11-13(12)9-14)19-16-6-8-20-7-2-1-3-17(16)20/h4-5,9,15-17,19H,1-3,6-8,10-11H2. The van der Waals surface area contributed by atoms with E-state index >= 15 is 0 Å². The van der Waals surface area contributed by atoms with Gasteiger partial charge in [-0.2, -0.15) is 0 Å². The van der Waals surface area contributed by atoms with Crippen molar-refractivity contribution >= 4 is 11.6 Å². The number of nitrogens with zero attached hydrogens (tertiary/aromatic N) is 1. The van der Waals surface area contributed by atoms with Gasteiger partial charge in [-0.3, -0.25) is 4.90 Å². The van der Waals surface area contributed by atoms with Gasteiger partial charge in [0, 0.05) is 29.7 Å². The molecule has 0 amide bonds. The average Bonchev–Trinajstić information content (AvgIpc) is 3.03. The van der Waals surface area contributed by atoms with Crippen LogP contribution in [0, 0.1) is 0 Å². The molecule has 108 valence electrons. The highest BCUT2D eigenvalue weighted by molar-refractivity contribution is 6.30. The molecule has 1 aromatic carbocycles. The van der Waals surface area contributed by atoms with Crippen molar-refractivity contribution in [1.29, 1.82) is 0 Å². The summed E-state index contributed by atoms with van der Waals surface area (Å²) < 4.78 is 0. The van der Waals surface area contributed by atoms with Crippen LogP contribution in [0.15, 0.2) is 18.2 Å². The first kappa shape index (κ1) is 13.1. The summed E-state index contributed by atoms with van der Waals surface area (Å²) in [6.45, 7) is 2.62. The first-order valence-electron chi connectivity index (χ1n) is 8.07. The second-order valence-electron chi connectivity index (χ2n) is 6.68. The summed E-state index contributed by atoms with van der Waals surface area (Å²) in [5.41, 5.74) is 2.94. The minimum Gasteiger partial charge on any atom is -0.309 e. The fourth-order valence-corrected chi connectivity index (χ4v) is 4.64. The highest BCUT2D eigenvalue weighted by Gasteiger charge is 2.37. The molecule has 2 heterocycles. The molecule has 20 heavy (non-hydrogen) atoms. The van der Waals surface area contributed by atoms with Gasteiger partial charge in [0.1, 0.15) is 0 Å². The Balaban J connectivity index is 1.41. The van der Waals surface area contributed by atoms with Gasteiger partial charge in [0.2, 0.25) is 0 Å². The highest BCUT2D eigenvalue weighted by atomic mass is 35.5. The monoisotopic (exact) mass is 290 g/mol. The number of benzene rings is 1. The zero-order valence-electron chi connectivity index (χ0n) is 11.9. The number of rotatable bonds is 2. The molecule has 1 N–H and O–H groups in total. The van der Waals surface area contributed by atoms with Gasteiger partial charge >= 0.3 is 0 Å². The third-order valence-electron chi connectivity index (χ3n) is 5.41. The van der Waals surface area contributed by atoms with Gasteiger partial charge in [-0.15, -0.1) is 0 Å². The molecule has 2 nitrogen and oxygen atoms in total. The lowest BCUT2D eigenvalue weighted by molar-refractivity contribution is 0.176. The van der Waals surface area contributed by atoms with Crippen LogP contribution >= 0.6 is 11.6 Å². The maximum Gasteiger partial charge on any atom is 0.0408 e. The molecular formula is C17H23ClN2. The van der Waals surface area contributed by atoms with E-state index in [1.54, 1.807) is 0 Å². The van der Waals surface area contributed by atoms with Crippen molar-refractivity contribution in [3.05, 3.63) is 34.3 Å². The van der Waals surface area contributed by atoms with Gasteiger partial charge in [-0.05, 0) is 61.9 Å². The van der Waals surface area contributed by atoms with Crippen LogP contribution in [-0.4, -0.2) is 36.1 Å². The fourth-order valence-electron chi connectivity index (χ4n) is 4.45. The summed E-state index contributed by atoms with van der Waals surface area (Å²) in [4.78, 5) is 2.71. The molecule has 2 aliphatic heterocycles. The summed E-state index contributed by atoms with van der Waals surface area (Å²) in [5.74, 6) is 0. The molecule has 2 saturated heterocycles. The Labute approximate surface area is 126 Å². The third kappa shape index (κ3) is 2.38. The Kier molecular flexibility index (Phi) is 3.49. The summed E-state index contributed by atoms with van der Waals surface area (Å²) in [6, 6.07) is 8.53. The van der Waals surface area contributed by atoms with E-state index in [4.69, 9.17) is 11.6 Å². The Morgan fingerprint density at radius 3 is 2.90 bits per heavy atom. The van der Waals surface area contributed by atoms with Gasteiger partial charge in [-0.25, -0.2) is 0 Å². The molecule has 0 saturated carbocycles. The predicted molar refractivity (Wildman–Crippen MR) is 83.4 cm³/mol. The van der Waals surface area contributed by atoms with Crippen LogP contribution in [0.3, 0.4) is 0 Å². The maximum absolute atomic E-state index is 6.11. The Morgan fingerprint density at radius 2 is 1.95 bits per heavy atom. The summed E-state index contributed by atoms with van der Waals surface area (Å²) >= 11 is 6.11. The minimum absolute atomic E-state index is 0.621. The smallest absolute Gasteiger partial charge is 0.0408 e. The number of fused-ring (bicyclic) bond motifs is 2. The van der Waals surface area contributed by atoms with Crippen molar-refractivity contribution in [2.24, 2.45) is 0 Å². The second kappa shape index (κ2) is 5.32. The lowest BCUT2D eigenvalue weighted by atomic mass is 9.98. The number of piperidine rings is 1. The first-order chi connectivity index (χ1) is 9.79. The molecule has 1 aliphatic carbocycles. The third-order valence-corrected chi connectivity index (χ3v) is 5.64. The quantitative estimate of drug-likeness (QED) is 0.901. The molecule has 0 aromatic heterocycles. The van der Waals surface area contributed by atoms with Crippen molar-refractivity contribution in [1.82, 2.24) is 10.2 Å². The summed E-state index contributed by atoms with van der Waals surface area (Å²) in [6.07, 6.45) is 7.87. The molecule has 2 fully saturated rings. The van der Waals surface area contributed by atoms with Crippen molar-refractivity contribution in [2.45, 2.75) is 56.7 Å². The molecule has 3 heteroatoms. The van der Waals surface area contributed by atoms with Crippen LogP contribution in [0.5, 0.6) is 0 Å². The highest BCUT2D eigenvalue weighted by Crippen LogP contribution is 2.30. The van der Waals surface area contributed by atoms with Gasteiger partial charge in [0.15, 0.2) is 0 Å². The van der Waals surface area contributed by atoms with E-state index in [0.29, 0.717) is 12.1 Å². The Morgan fingerprint density at radius 1 is 1.05 bits per heavy atom. The molecule has 3 atom stereocenters. The number of hydrogen-bond donors (Lipinski definition) is 1. The second-order valence-corrected chi connectivity index (χ2v) is 7.12. The van der Waals surface area contributed by atoms with Crippen molar-refractivity contribution in [3.63, 3.8) is 0 Å². The maximum atomic E-state index is 6.11. The van der Waals surface area contributed by atoms with Gasteiger partial charge in [-0.1, -0.05) is 24.1 Å². The fraction of sp³-hybridized carbons (Fsp3) is 0.647. The van der Waals surface area contributed by atoms with Crippen LogP contribution in [0.4, 0.5) is 0 Å². The predicted octanol–water partition coefficient (Wildman–Crippen LogP) is 3.02. The zero-order valence-corrected chi connectivity index (χ0v) is 12.7. The summed E-state index contributed by atoms with van der Waals surface area (Å²) in [7, 11) is 0. The summed E-state index contributed by atoms with van der Waals surface area (Å²) in [5, 5.41) is 4.84. The van der Waals surface area contributed by atoms with Gasteiger partial charge in [0.05, 0.1) is 0 Å². The molecule has 0 spiro atoms. The largest absolute Gasteiger partial charge is 0.309 e. The first-order valence-corrected chi connectivity index (χ1v) is 8.45. The Bertz CT molecular complexity index is 502. The van der Waals surface area contributed by atoms with Gasteiger partial charge < -0.3 is 5.32 Å². The molecule has 0 bridgehead atoms. The molecule has 0 radical (unpaired) electrons. The lowest BCUT2D eigenvalue weighted by Gasteiger charge is -2.33. The van der Waals surface area contributed by atoms with Crippen LogP contribution < -0.4 is 5.32 Å². The molecular weight excluding hydrogens is 268 g/mol. The number of hydrogen-bond acceptors (Lipinski definition) is 2. The average molecular weight is 291 g/mol. The van der Waals surface area contributed by atoms with E-state index in [9.17, 15) is 0 Å². The molecule has 3 aliphatic rings. The van der Waals surface area contributed by atoms with E-state index in [1.807, 2.05) is 6.07 Å². The van der Waals surface area contributed by atoms with E-state index in [1.165, 1.54) is 56.3 Å². The van der Waals surface area contributed by atoms with Crippen LogP contribution in [0.2, 0.25) is 5.02 Å². The molecule has 4 rings (SSSR count). The topological polar surface area (TPSA) is 15.3 Å². The minimum atomic E-state index is 0.621. The number of halogens is 1. The van der Waals surface area contributed by atoms with Gasteiger partial charge in [0.25, 0.3) is 0 Å². The molecule has 1 aromatic rings. The van der Waals surface area contributed by atoms with Crippen LogP contribution in [0.25, 0.3) is 0 Å². The van der Waals surface area contributed by atoms with Crippen molar-refractivity contribution < 1.29 is 0 Å². The van der Waals surface area contributed by atoms with E-state index < -0.39 is 0 Å². The normalized spacial score (nSPS) is 33.1. The number of nitrogens with one attached hydrogen (secondary N) is 1.